The van der Waals surface area contributed by atoms with Gasteiger partial charge in [-0.15, -0.1) is 0 Å². The first-order chi connectivity index (χ1) is 17.4. The van der Waals surface area contributed by atoms with Crippen LogP contribution in [-0.2, 0) is 6.54 Å². The largest absolute Gasteiger partial charge is 0.330 e. The number of nitrogens with zero attached hydrogens (tertiary/aromatic N) is 4. The lowest BCUT2D eigenvalue weighted by atomic mass is 9.84. The van der Waals surface area contributed by atoms with E-state index in [1.54, 1.807) is 0 Å². The minimum absolute atomic E-state index is 0.0698. The van der Waals surface area contributed by atoms with Crippen LogP contribution >= 0.6 is 0 Å². The number of hydrogen-bond acceptors (Lipinski definition) is 4. The highest BCUT2D eigenvalue weighted by Crippen LogP contribution is 2.39. The number of nitrogens with two attached hydrogens (primary N) is 1. The Balaban J connectivity index is 1.81. The maximum absolute atomic E-state index is 14.0. The molecule has 0 radical (unpaired) electrons. The number of aromatic nitrogens is 2. The minimum Gasteiger partial charge on any atom is -0.330 e. The molecule has 3 aromatic rings. The van der Waals surface area contributed by atoms with Gasteiger partial charge in [0.05, 0.1) is 11.7 Å². The van der Waals surface area contributed by atoms with Gasteiger partial charge in [-0.1, -0.05) is 81.4 Å². The van der Waals surface area contributed by atoms with Crippen molar-refractivity contribution in [3.05, 3.63) is 78.2 Å². The lowest BCUT2D eigenvalue weighted by molar-refractivity contribution is 0.0804. The van der Waals surface area contributed by atoms with Crippen LogP contribution in [0.15, 0.2) is 66.9 Å². The van der Waals surface area contributed by atoms with E-state index < -0.39 is 0 Å². The van der Waals surface area contributed by atoms with Crippen molar-refractivity contribution in [2.75, 3.05) is 39.3 Å². The van der Waals surface area contributed by atoms with Gasteiger partial charge in [0, 0.05) is 51.0 Å². The van der Waals surface area contributed by atoms with E-state index in [1.165, 1.54) is 5.56 Å². The fraction of sp³-hybridized carbons (Fsp3) is 0.448. The van der Waals surface area contributed by atoms with Gasteiger partial charge in [-0.3, -0.25) is 0 Å². The summed E-state index contributed by atoms with van der Waals surface area (Å²) in [4.78, 5) is 23.2. The lowest BCUT2D eigenvalue weighted by Gasteiger charge is -2.43. The molecule has 0 aliphatic carbocycles. The van der Waals surface area contributed by atoms with Crippen molar-refractivity contribution in [2.24, 2.45) is 11.1 Å². The van der Waals surface area contributed by atoms with E-state index in [-0.39, 0.29) is 17.5 Å². The fourth-order valence-corrected chi connectivity index (χ4v) is 4.93. The van der Waals surface area contributed by atoms with Crippen LogP contribution in [0.2, 0.25) is 0 Å². The van der Waals surface area contributed by atoms with Crippen LogP contribution in [0.1, 0.15) is 44.6 Å². The van der Waals surface area contributed by atoms with E-state index in [0.717, 1.165) is 36.6 Å². The topological polar surface area (TPSA) is 79.4 Å². The van der Waals surface area contributed by atoms with Gasteiger partial charge in [-0.2, -0.15) is 0 Å². The maximum atomic E-state index is 14.0. The molecule has 2 amide bonds. The standard InChI is InChI=1S/C29H40N6O/c1-29(2,3)26(35(18-10-15-30)28(36)33-19-16-31-17-20-33)27-32-25(24-13-8-5-9-14-24)22-34(27)21-23-11-6-4-7-12-23/h4-9,11-14,22,26,31H,10,15-21,30H2,1-3H3/t26-/m0/s1. The summed E-state index contributed by atoms with van der Waals surface area (Å²) >= 11 is 0. The molecule has 0 bridgehead atoms. The SMILES string of the molecule is CC(C)(C)[C@H](c1nc(-c2ccccc2)cn1Cc1ccccc1)N(CCCN)C(=O)N1CCNCC1. The Labute approximate surface area is 215 Å². The second kappa shape index (κ2) is 11.7. The van der Waals surface area contributed by atoms with Gasteiger partial charge in [0.2, 0.25) is 0 Å². The van der Waals surface area contributed by atoms with Gasteiger partial charge in [-0.05, 0) is 23.9 Å². The van der Waals surface area contributed by atoms with Gasteiger partial charge < -0.3 is 25.4 Å². The molecule has 3 N–H and O–H groups in total. The molecule has 0 unspecified atom stereocenters. The predicted molar refractivity (Wildman–Crippen MR) is 146 cm³/mol. The van der Waals surface area contributed by atoms with Crippen LogP contribution in [0.4, 0.5) is 4.79 Å². The summed E-state index contributed by atoms with van der Waals surface area (Å²) in [6.07, 6.45) is 2.88. The number of rotatable bonds is 8. The van der Waals surface area contributed by atoms with E-state index >= 15 is 0 Å². The zero-order chi connectivity index (χ0) is 25.5. The first-order valence-electron chi connectivity index (χ1n) is 13.0. The molecule has 1 aliphatic heterocycles. The third-order valence-electron chi connectivity index (χ3n) is 6.69. The Morgan fingerprint density at radius 1 is 1.06 bits per heavy atom. The zero-order valence-corrected chi connectivity index (χ0v) is 21.9. The molecule has 2 heterocycles. The second-order valence-corrected chi connectivity index (χ2v) is 10.6. The molecule has 1 saturated heterocycles. The number of imidazole rings is 1. The fourth-order valence-electron chi connectivity index (χ4n) is 4.93. The average molecular weight is 489 g/mol. The normalized spacial score (nSPS) is 15.1. The highest BCUT2D eigenvalue weighted by molar-refractivity contribution is 5.75. The Hall–Kier alpha value is -3.16. The second-order valence-electron chi connectivity index (χ2n) is 10.6. The molecule has 1 aliphatic rings. The number of hydrogen-bond donors (Lipinski definition) is 2. The summed E-state index contributed by atoms with van der Waals surface area (Å²) in [6, 6.07) is 20.5. The number of amides is 2. The Morgan fingerprint density at radius 3 is 2.31 bits per heavy atom. The Morgan fingerprint density at radius 2 is 1.69 bits per heavy atom. The number of nitrogens with one attached hydrogen (secondary N) is 1. The van der Waals surface area contributed by atoms with Crippen LogP contribution in [0.3, 0.4) is 0 Å². The zero-order valence-electron chi connectivity index (χ0n) is 21.9. The molecule has 0 saturated carbocycles. The molecule has 2 aromatic carbocycles. The molecule has 1 atom stereocenters. The summed E-state index contributed by atoms with van der Waals surface area (Å²) in [5.41, 5.74) is 8.88. The van der Waals surface area contributed by atoms with E-state index in [1.807, 2.05) is 34.1 Å². The lowest BCUT2D eigenvalue weighted by Crippen LogP contribution is -2.54. The third-order valence-corrected chi connectivity index (χ3v) is 6.69. The number of urea groups is 1. The van der Waals surface area contributed by atoms with Crippen LogP contribution < -0.4 is 11.1 Å². The van der Waals surface area contributed by atoms with Gasteiger partial charge in [0.15, 0.2) is 0 Å². The van der Waals surface area contributed by atoms with Crippen LogP contribution in [0, 0.1) is 5.41 Å². The summed E-state index contributed by atoms with van der Waals surface area (Å²) in [6.45, 7) is 11.5. The number of benzene rings is 2. The van der Waals surface area contributed by atoms with Crippen molar-refractivity contribution in [2.45, 2.75) is 39.8 Å². The highest BCUT2D eigenvalue weighted by Gasteiger charge is 2.39. The van der Waals surface area contributed by atoms with Crippen molar-refractivity contribution in [1.29, 1.82) is 0 Å². The van der Waals surface area contributed by atoms with Gasteiger partial charge in [-0.25, -0.2) is 9.78 Å². The quantitative estimate of drug-likeness (QED) is 0.494. The van der Waals surface area contributed by atoms with Gasteiger partial charge in [0.25, 0.3) is 0 Å². The maximum Gasteiger partial charge on any atom is 0.320 e. The molecule has 1 fully saturated rings. The number of carbonyl (C=O) groups is 1. The molecule has 192 valence electrons. The molecule has 36 heavy (non-hydrogen) atoms. The molecule has 7 heteroatoms. The van der Waals surface area contributed by atoms with Gasteiger partial charge >= 0.3 is 6.03 Å². The van der Waals surface area contributed by atoms with Crippen LogP contribution in [-0.4, -0.2) is 64.7 Å². The number of piperazine rings is 1. The first-order valence-corrected chi connectivity index (χ1v) is 13.0. The third kappa shape index (κ3) is 6.15. The summed E-state index contributed by atoms with van der Waals surface area (Å²) in [5, 5.41) is 3.35. The van der Waals surface area contributed by atoms with E-state index in [4.69, 9.17) is 10.7 Å². The van der Waals surface area contributed by atoms with Gasteiger partial charge in [0.1, 0.15) is 5.82 Å². The van der Waals surface area contributed by atoms with Crippen molar-refractivity contribution < 1.29 is 4.79 Å². The van der Waals surface area contributed by atoms with E-state index in [9.17, 15) is 4.79 Å². The summed E-state index contributed by atoms with van der Waals surface area (Å²) < 4.78 is 2.23. The minimum atomic E-state index is -0.244. The Bertz CT molecular complexity index is 1100. The van der Waals surface area contributed by atoms with Crippen molar-refractivity contribution in [1.82, 2.24) is 24.7 Å². The van der Waals surface area contributed by atoms with E-state index in [2.05, 4.69) is 73.3 Å². The summed E-state index contributed by atoms with van der Waals surface area (Å²) in [7, 11) is 0. The monoisotopic (exact) mass is 488 g/mol. The van der Waals surface area contributed by atoms with E-state index in [0.29, 0.717) is 32.7 Å². The smallest absolute Gasteiger partial charge is 0.320 e. The van der Waals surface area contributed by atoms with Crippen molar-refractivity contribution >= 4 is 6.03 Å². The molecular weight excluding hydrogens is 448 g/mol. The molecular formula is C29H40N6O. The highest BCUT2D eigenvalue weighted by atomic mass is 16.2. The molecule has 1 aromatic heterocycles. The Kier molecular flexibility index (Phi) is 8.44. The predicted octanol–water partition coefficient (Wildman–Crippen LogP) is 4.36. The average Bonchev–Trinajstić information content (AvgIpc) is 3.29. The van der Waals surface area contributed by atoms with Crippen molar-refractivity contribution in [3.63, 3.8) is 0 Å². The van der Waals surface area contributed by atoms with Crippen molar-refractivity contribution in [3.8, 4) is 11.3 Å². The van der Waals surface area contributed by atoms with Crippen LogP contribution in [0.25, 0.3) is 11.3 Å². The number of carbonyl (C=O) groups excluding carboxylic acids is 1. The molecule has 4 rings (SSSR count). The van der Waals surface area contributed by atoms with Crippen LogP contribution in [0.5, 0.6) is 0 Å². The first kappa shape index (κ1) is 25.9. The molecule has 0 spiro atoms. The summed E-state index contributed by atoms with van der Waals surface area (Å²) in [5.74, 6) is 0.908. The molecule has 7 nitrogen and oxygen atoms in total.